The van der Waals surface area contributed by atoms with E-state index in [0.717, 1.165) is 12.8 Å². The monoisotopic (exact) mass is 280 g/mol. The Morgan fingerprint density at radius 2 is 2.00 bits per heavy atom. The Bertz CT molecular complexity index is 480. The van der Waals surface area contributed by atoms with Crippen molar-refractivity contribution in [3.05, 3.63) is 29.3 Å². The van der Waals surface area contributed by atoms with Crippen molar-refractivity contribution in [3.63, 3.8) is 0 Å². The summed E-state index contributed by atoms with van der Waals surface area (Å²) >= 11 is 5.90. The van der Waals surface area contributed by atoms with Crippen molar-refractivity contribution in [2.75, 3.05) is 5.32 Å². The highest BCUT2D eigenvalue weighted by Crippen LogP contribution is 2.36. The standard InChI is InChI=1S/C14H17ClN2O2/c15-9-2-1-3-10(6-9)16-14(19)17-11-4-5-12(17)8-13(18)7-11/h1-3,6,11-13,18H,4-5,7-8H2,(H,16,19). The van der Waals surface area contributed by atoms with Crippen LogP contribution in [0.4, 0.5) is 10.5 Å². The van der Waals surface area contributed by atoms with Crippen LogP contribution in [-0.4, -0.2) is 34.2 Å². The summed E-state index contributed by atoms with van der Waals surface area (Å²) in [6, 6.07) is 7.41. The van der Waals surface area contributed by atoms with Gasteiger partial charge in [0.1, 0.15) is 0 Å². The number of anilines is 1. The minimum atomic E-state index is -0.257. The van der Waals surface area contributed by atoms with Gasteiger partial charge in [-0.3, -0.25) is 0 Å². The highest BCUT2D eigenvalue weighted by molar-refractivity contribution is 6.30. The largest absolute Gasteiger partial charge is 0.393 e. The first kappa shape index (κ1) is 12.8. The minimum Gasteiger partial charge on any atom is -0.393 e. The number of piperidine rings is 1. The van der Waals surface area contributed by atoms with Crippen molar-refractivity contribution < 1.29 is 9.90 Å². The Hall–Kier alpha value is -1.26. The first-order chi connectivity index (χ1) is 9.13. The molecule has 19 heavy (non-hydrogen) atoms. The molecule has 2 saturated heterocycles. The van der Waals surface area contributed by atoms with Crippen LogP contribution in [0.15, 0.2) is 24.3 Å². The van der Waals surface area contributed by atoms with E-state index in [4.69, 9.17) is 11.6 Å². The lowest BCUT2D eigenvalue weighted by atomic mass is 10.0. The van der Waals surface area contributed by atoms with Crippen molar-refractivity contribution >= 4 is 23.3 Å². The van der Waals surface area contributed by atoms with Gasteiger partial charge in [0.15, 0.2) is 0 Å². The van der Waals surface area contributed by atoms with Gasteiger partial charge in [0.2, 0.25) is 0 Å². The summed E-state index contributed by atoms with van der Waals surface area (Å²) in [7, 11) is 0. The van der Waals surface area contributed by atoms with Gasteiger partial charge in [-0.25, -0.2) is 4.79 Å². The molecule has 1 aromatic rings. The number of urea groups is 1. The molecule has 2 bridgehead atoms. The zero-order chi connectivity index (χ0) is 13.4. The number of fused-ring (bicyclic) bond motifs is 2. The van der Waals surface area contributed by atoms with E-state index in [0.29, 0.717) is 23.6 Å². The predicted octanol–water partition coefficient (Wildman–Crippen LogP) is 2.86. The molecule has 0 radical (unpaired) electrons. The number of hydrogen-bond donors (Lipinski definition) is 2. The summed E-state index contributed by atoms with van der Waals surface area (Å²) in [5, 5.41) is 13.2. The number of aliphatic hydroxyl groups is 1. The van der Waals surface area contributed by atoms with Crippen molar-refractivity contribution in [1.29, 1.82) is 0 Å². The van der Waals surface area contributed by atoms with Gasteiger partial charge in [-0.05, 0) is 43.9 Å². The van der Waals surface area contributed by atoms with E-state index in [1.54, 1.807) is 12.1 Å². The number of amides is 2. The fraction of sp³-hybridized carbons (Fsp3) is 0.500. The van der Waals surface area contributed by atoms with Gasteiger partial charge in [0.25, 0.3) is 0 Å². The first-order valence-electron chi connectivity index (χ1n) is 6.66. The van der Waals surface area contributed by atoms with E-state index in [-0.39, 0.29) is 24.2 Å². The quantitative estimate of drug-likeness (QED) is 0.831. The third-order valence-electron chi connectivity index (χ3n) is 4.02. The molecule has 2 fully saturated rings. The molecule has 2 aliphatic heterocycles. The summed E-state index contributed by atoms with van der Waals surface area (Å²) in [4.78, 5) is 14.2. The topological polar surface area (TPSA) is 52.6 Å². The van der Waals surface area contributed by atoms with Crippen molar-refractivity contribution in [2.45, 2.75) is 43.9 Å². The number of halogens is 1. The van der Waals surface area contributed by atoms with Crippen LogP contribution in [0.5, 0.6) is 0 Å². The second-order valence-electron chi connectivity index (χ2n) is 5.36. The molecular formula is C14H17ClN2O2. The Morgan fingerprint density at radius 1 is 1.32 bits per heavy atom. The van der Waals surface area contributed by atoms with Crippen LogP contribution in [0.3, 0.4) is 0 Å². The number of nitrogens with one attached hydrogen (secondary N) is 1. The Kier molecular flexibility index (Phi) is 3.37. The average Bonchev–Trinajstić information content (AvgIpc) is 2.62. The molecule has 2 N–H and O–H groups in total. The molecule has 2 aliphatic rings. The lowest BCUT2D eigenvalue weighted by Gasteiger charge is -2.37. The number of aliphatic hydroxyl groups excluding tert-OH is 1. The Labute approximate surface area is 117 Å². The number of carbonyl (C=O) groups excluding carboxylic acids is 1. The Morgan fingerprint density at radius 3 is 2.63 bits per heavy atom. The van der Waals surface area contributed by atoms with E-state index >= 15 is 0 Å². The summed E-state index contributed by atoms with van der Waals surface area (Å²) in [6.45, 7) is 0. The molecule has 102 valence electrons. The zero-order valence-corrected chi connectivity index (χ0v) is 11.3. The number of benzene rings is 1. The van der Waals surface area contributed by atoms with Crippen LogP contribution in [-0.2, 0) is 0 Å². The van der Waals surface area contributed by atoms with E-state index < -0.39 is 0 Å². The Balaban J connectivity index is 1.71. The summed E-state index contributed by atoms with van der Waals surface area (Å²) in [6.07, 6.45) is 3.11. The molecule has 0 spiro atoms. The molecule has 4 nitrogen and oxygen atoms in total. The fourth-order valence-electron chi connectivity index (χ4n) is 3.23. The third-order valence-corrected chi connectivity index (χ3v) is 4.25. The molecule has 2 atom stereocenters. The van der Waals surface area contributed by atoms with Crippen molar-refractivity contribution in [2.24, 2.45) is 0 Å². The van der Waals surface area contributed by atoms with Crippen LogP contribution in [0.1, 0.15) is 25.7 Å². The van der Waals surface area contributed by atoms with Crippen LogP contribution < -0.4 is 5.32 Å². The molecule has 0 aliphatic carbocycles. The second kappa shape index (κ2) is 5.02. The van der Waals surface area contributed by atoms with E-state index in [9.17, 15) is 9.90 Å². The van der Waals surface area contributed by atoms with Crippen LogP contribution in [0.25, 0.3) is 0 Å². The van der Waals surface area contributed by atoms with Gasteiger partial charge in [-0.2, -0.15) is 0 Å². The number of carbonyl (C=O) groups is 1. The highest BCUT2D eigenvalue weighted by atomic mass is 35.5. The lowest BCUT2D eigenvalue weighted by molar-refractivity contribution is 0.0580. The summed E-state index contributed by atoms with van der Waals surface area (Å²) in [5.74, 6) is 0. The number of hydrogen-bond acceptors (Lipinski definition) is 2. The number of nitrogens with zero attached hydrogens (tertiary/aromatic N) is 1. The third kappa shape index (κ3) is 2.55. The SMILES string of the molecule is O=C(Nc1cccc(Cl)c1)N1C2CCC1CC(O)C2. The molecule has 3 rings (SSSR count). The average molecular weight is 281 g/mol. The predicted molar refractivity (Wildman–Crippen MR) is 74.4 cm³/mol. The maximum absolute atomic E-state index is 12.3. The maximum Gasteiger partial charge on any atom is 0.322 e. The number of rotatable bonds is 1. The van der Waals surface area contributed by atoms with Gasteiger partial charge in [-0.15, -0.1) is 0 Å². The molecule has 0 saturated carbocycles. The molecule has 0 aromatic heterocycles. The van der Waals surface area contributed by atoms with E-state index in [1.807, 2.05) is 17.0 Å². The minimum absolute atomic E-state index is 0.0818. The molecule has 2 unspecified atom stereocenters. The molecule has 2 heterocycles. The fourth-order valence-corrected chi connectivity index (χ4v) is 3.42. The van der Waals surface area contributed by atoms with Gasteiger partial charge >= 0.3 is 6.03 Å². The van der Waals surface area contributed by atoms with Crippen molar-refractivity contribution in [3.8, 4) is 0 Å². The van der Waals surface area contributed by atoms with Gasteiger partial charge in [0, 0.05) is 22.8 Å². The highest BCUT2D eigenvalue weighted by Gasteiger charge is 2.42. The summed E-state index contributed by atoms with van der Waals surface area (Å²) in [5.41, 5.74) is 0.711. The molecule has 1 aromatic carbocycles. The van der Waals surface area contributed by atoms with Crippen LogP contribution >= 0.6 is 11.6 Å². The zero-order valence-electron chi connectivity index (χ0n) is 10.6. The lowest BCUT2D eigenvalue weighted by Crippen LogP contribution is -2.49. The summed E-state index contributed by atoms with van der Waals surface area (Å²) < 4.78 is 0. The smallest absolute Gasteiger partial charge is 0.322 e. The van der Waals surface area contributed by atoms with Gasteiger partial charge in [-0.1, -0.05) is 17.7 Å². The first-order valence-corrected chi connectivity index (χ1v) is 7.04. The molecular weight excluding hydrogens is 264 g/mol. The van der Waals surface area contributed by atoms with Crippen LogP contribution in [0.2, 0.25) is 5.02 Å². The normalized spacial score (nSPS) is 29.4. The molecule has 2 amide bonds. The van der Waals surface area contributed by atoms with Crippen LogP contribution in [0, 0.1) is 0 Å². The maximum atomic E-state index is 12.3. The van der Waals surface area contributed by atoms with Gasteiger partial charge in [0.05, 0.1) is 6.10 Å². The van der Waals surface area contributed by atoms with Crippen molar-refractivity contribution in [1.82, 2.24) is 4.90 Å². The second-order valence-corrected chi connectivity index (χ2v) is 5.79. The molecule has 5 heteroatoms. The van der Waals surface area contributed by atoms with E-state index in [1.165, 1.54) is 0 Å². The van der Waals surface area contributed by atoms with E-state index in [2.05, 4.69) is 5.32 Å². The van der Waals surface area contributed by atoms with Gasteiger partial charge < -0.3 is 15.3 Å².